The molecule has 0 saturated carbocycles. The first kappa shape index (κ1) is 20.3. The molecule has 26 heavy (non-hydrogen) atoms. The van der Waals surface area contributed by atoms with Crippen LogP contribution in [0.2, 0.25) is 0 Å². The van der Waals surface area contributed by atoms with Gasteiger partial charge in [0.25, 0.3) is 0 Å². The highest BCUT2D eigenvalue weighted by Crippen LogP contribution is 2.23. The molecule has 0 atom stereocenters. The predicted molar refractivity (Wildman–Crippen MR) is 109 cm³/mol. The van der Waals surface area contributed by atoms with Crippen LogP contribution in [0.1, 0.15) is 25.0 Å². The molecule has 0 aromatic heterocycles. The third kappa shape index (κ3) is 5.48. The standard InChI is InChI=1S/C22H32N2O2/c1-22(2,23(3)4)16-18-9-11-19(12-10-18)17-24(13-14-25)20-7-6-8-21(15-20)26-5/h6-12,15,25H,13-14,16-17H2,1-5H3. The van der Waals surface area contributed by atoms with Crippen LogP contribution in [0.5, 0.6) is 5.75 Å². The number of nitrogens with zero attached hydrogens (tertiary/aromatic N) is 2. The Morgan fingerprint density at radius 2 is 1.65 bits per heavy atom. The van der Waals surface area contributed by atoms with Crippen molar-refractivity contribution in [2.75, 3.05) is 39.3 Å². The second kappa shape index (κ2) is 9.06. The van der Waals surface area contributed by atoms with E-state index < -0.39 is 0 Å². The highest BCUT2D eigenvalue weighted by Gasteiger charge is 2.20. The number of aliphatic hydroxyl groups excluding tert-OH is 1. The third-order valence-corrected chi connectivity index (χ3v) is 5.03. The van der Waals surface area contributed by atoms with Crippen LogP contribution in [0.3, 0.4) is 0 Å². The van der Waals surface area contributed by atoms with Crippen LogP contribution in [-0.2, 0) is 13.0 Å². The van der Waals surface area contributed by atoms with Crippen LogP contribution in [0, 0.1) is 0 Å². The summed E-state index contributed by atoms with van der Waals surface area (Å²) < 4.78 is 5.32. The second-order valence-corrected chi connectivity index (χ2v) is 7.55. The van der Waals surface area contributed by atoms with Gasteiger partial charge >= 0.3 is 0 Å². The number of benzene rings is 2. The highest BCUT2D eigenvalue weighted by molar-refractivity contribution is 5.51. The number of rotatable bonds is 9. The number of hydrogen-bond acceptors (Lipinski definition) is 4. The first-order chi connectivity index (χ1) is 12.4. The lowest BCUT2D eigenvalue weighted by atomic mass is 9.93. The average molecular weight is 357 g/mol. The fraction of sp³-hybridized carbons (Fsp3) is 0.455. The van der Waals surface area contributed by atoms with E-state index in [1.54, 1.807) is 7.11 Å². The Morgan fingerprint density at radius 3 is 2.23 bits per heavy atom. The van der Waals surface area contributed by atoms with Crippen LogP contribution in [-0.4, -0.2) is 49.9 Å². The molecule has 2 rings (SSSR count). The summed E-state index contributed by atoms with van der Waals surface area (Å²) in [7, 11) is 5.91. The number of methoxy groups -OCH3 is 1. The molecule has 2 aromatic carbocycles. The van der Waals surface area contributed by atoms with E-state index in [0.29, 0.717) is 6.54 Å². The number of likely N-dealkylation sites (N-methyl/N-ethyl adjacent to an activating group) is 1. The maximum absolute atomic E-state index is 9.45. The smallest absolute Gasteiger partial charge is 0.120 e. The monoisotopic (exact) mass is 356 g/mol. The van der Waals surface area contributed by atoms with E-state index >= 15 is 0 Å². The van der Waals surface area contributed by atoms with Gasteiger partial charge in [0.2, 0.25) is 0 Å². The van der Waals surface area contributed by atoms with Gasteiger partial charge in [-0.3, -0.25) is 0 Å². The number of hydrogen-bond donors (Lipinski definition) is 1. The van der Waals surface area contributed by atoms with Crippen LogP contribution < -0.4 is 9.64 Å². The SMILES string of the molecule is COc1cccc(N(CCO)Cc2ccc(CC(C)(C)N(C)C)cc2)c1. The van der Waals surface area contributed by atoms with Crippen LogP contribution in [0.25, 0.3) is 0 Å². The zero-order chi connectivity index (χ0) is 19.2. The van der Waals surface area contributed by atoms with Crippen molar-refractivity contribution in [1.29, 1.82) is 0 Å². The zero-order valence-corrected chi connectivity index (χ0v) is 16.7. The van der Waals surface area contributed by atoms with Crippen LogP contribution in [0.15, 0.2) is 48.5 Å². The van der Waals surface area contributed by atoms with E-state index in [1.807, 2.05) is 24.3 Å². The van der Waals surface area contributed by atoms with Gasteiger partial charge in [-0.05, 0) is 57.6 Å². The number of anilines is 1. The van der Waals surface area contributed by atoms with E-state index in [-0.39, 0.29) is 12.1 Å². The summed E-state index contributed by atoms with van der Waals surface area (Å²) in [5.74, 6) is 0.826. The average Bonchev–Trinajstić information content (AvgIpc) is 2.62. The second-order valence-electron chi connectivity index (χ2n) is 7.55. The minimum absolute atomic E-state index is 0.117. The topological polar surface area (TPSA) is 35.9 Å². The fourth-order valence-corrected chi connectivity index (χ4v) is 2.87. The maximum Gasteiger partial charge on any atom is 0.120 e. The first-order valence-electron chi connectivity index (χ1n) is 9.11. The minimum Gasteiger partial charge on any atom is -0.497 e. The molecule has 4 heteroatoms. The van der Waals surface area contributed by atoms with Gasteiger partial charge in [0.05, 0.1) is 13.7 Å². The summed E-state index contributed by atoms with van der Waals surface area (Å²) in [6.07, 6.45) is 1.01. The highest BCUT2D eigenvalue weighted by atomic mass is 16.5. The van der Waals surface area contributed by atoms with Crippen molar-refractivity contribution < 1.29 is 9.84 Å². The van der Waals surface area contributed by atoms with E-state index in [2.05, 4.69) is 62.0 Å². The Labute approximate surface area is 158 Å². The summed E-state index contributed by atoms with van der Waals surface area (Å²) in [5.41, 5.74) is 3.75. The lowest BCUT2D eigenvalue weighted by molar-refractivity contribution is 0.195. The Bertz CT molecular complexity index is 681. The van der Waals surface area contributed by atoms with Crippen molar-refractivity contribution in [3.05, 3.63) is 59.7 Å². The lowest BCUT2D eigenvalue weighted by Gasteiger charge is -2.32. The molecule has 0 heterocycles. The fourth-order valence-electron chi connectivity index (χ4n) is 2.87. The Balaban J connectivity index is 2.11. The molecule has 0 saturated heterocycles. The first-order valence-corrected chi connectivity index (χ1v) is 9.11. The molecule has 0 spiro atoms. The van der Waals surface area contributed by atoms with E-state index in [0.717, 1.165) is 24.4 Å². The minimum atomic E-state index is 0.117. The van der Waals surface area contributed by atoms with Gasteiger partial charge in [-0.2, -0.15) is 0 Å². The van der Waals surface area contributed by atoms with Crippen molar-refractivity contribution in [2.24, 2.45) is 0 Å². The van der Waals surface area contributed by atoms with E-state index in [1.165, 1.54) is 11.1 Å². The molecule has 0 unspecified atom stereocenters. The zero-order valence-electron chi connectivity index (χ0n) is 16.7. The molecule has 0 radical (unpaired) electrons. The summed E-state index contributed by atoms with van der Waals surface area (Å²) in [6.45, 7) is 5.97. The molecule has 0 bridgehead atoms. The third-order valence-electron chi connectivity index (χ3n) is 5.03. The number of aliphatic hydroxyl groups is 1. The summed E-state index contributed by atoms with van der Waals surface area (Å²) in [4.78, 5) is 4.42. The van der Waals surface area contributed by atoms with E-state index in [4.69, 9.17) is 4.74 Å². The maximum atomic E-state index is 9.45. The van der Waals surface area contributed by atoms with Gasteiger partial charge in [0.15, 0.2) is 0 Å². The van der Waals surface area contributed by atoms with Crippen molar-refractivity contribution >= 4 is 5.69 Å². The molecular formula is C22H32N2O2. The van der Waals surface area contributed by atoms with Gasteiger partial charge in [0, 0.05) is 30.4 Å². The van der Waals surface area contributed by atoms with Gasteiger partial charge in [-0.1, -0.05) is 30.3 Å². The Kier molecular flexibility index (Phi) is 7.06. The molecule has 0 aliphatic rings. The molecule has 2 aromatic rings. The van der Waals surface area contributed by atoms with Gasteiger partial charge in [0.1, 0.15) is 5.75 Å². The van der Waals surface area contributed by atoms with E-state index in [9.17, 15) is 5.11 Å². The normalized spacial score (nSPS) is 11.7. The molecule has 0 fully saturated rings. The molecule has 0 aliphatic heterocycles. The van der Waals surface area contributed by atoms with Crippen molar-refractivity contribution in [3.63, 3.8) is 0 Å². The molecule has 142 valence electrons. The van der Waals surface area contributed by atoms with Gasteiger partial charge in [-0.15, -0.1) is 0 Å². The molecule has 1 N–H and O–H groups in total. The number of ether oxygens (including phenoxy) is 1. The molecule has 0 aliphatic carbocycles. The van der Waals surface area contributed by atoms with Crippen LogP contribution in [0.4, 0.5) is 5.69 Å². The summed E-state index contributed by atoms with van der Waals surface area (Å²) in [6, 6.07) is 16.8. The van der Waals surface area contributed by atoms with Crippen molar-refractivity contribution in [1.82, 2.24) is 4.90 Å². The molecule has 0 amide bonds. The van der Waals surface area contributed by atoms with Gasteiger partial charge in [-0.25, -0.2) is 0 Å². The quantitative estimate of drug-likeness (QED) is 0.745. The Morgan fingerprint density at radius 1 is 1.00 bits per heavy atom. The predicted octanol–water partition coefficient (Wildman–Crippen LogP) is 3.58. The summed E-state index contributed by atoms with van der Waals surface area (Å²) in [5, 5.41) is 9.45. The van der Waals surface area contributed by atoms with Crippen LogP contribution >= 0.6 is 0 Å². The van der Waals surface area contributed by atoms with Gasteiger partial charge < -0.3 is 19.6 Å². The van der Waals surface area contributed by atoms with Crippen molar-refractivity contribution in [3.8, 4) is 5.75 Å². The molecule has 4 nitrogen and oxygen atoms in total. The Hall–Kier alpha value is -2.04. The largest absolute Gasteiger partial charge is 0.497 e. The van der Waals surface area contributed by atoms with Crippen molar-refractivity contribution in [2.45, 2.75) is 32.4 Å². The lowest BCUT2D eigenvalue weighted by Crippen LogP contribution is -2.40. The molecular weight excluding hydrogens is 324 g/mol. The summed E-state index contributed by atoms with van der Waals surface area (Å²) >= 11 is 0.